The Hall–Kier alpha value is -1.14. The van der Waals surface area contributed by atoms with E-state index in [0.29, 0.717) is 6.04 Å². The fourth-order valence-corrected chi connectivity index (χ4v) is 2.69. The van der Waals surface area contributed by atoms with Gasteiger partial charge in [-0.2, -0.15) is 0 Å². The third-order valence-corrected chi connectivity index (χ3v) is 4.48. The highest BCUT2D eigenvalue weighted by Gasteiger charge is 2.30. The van der Waals surface area contributed by atoms with Gasteiger partial charge in [-0.3, -0.25) is 9.69 Å². The topological polar surface area (TPSA) is 72.9 Å². The van der Waals surface area contributed by atoms with Crippen LogP contribution in [0.1, 0.15) is 33.6 Å². The molecule has 0 aromatic carbocycles. The van der Waals surface area contributed by atoms with Gasteiger partial charge < -0.3 is 15.3 Å². The summed E-state index contributed by atoms with van der Waals surface area (Å²) in [6.07, 6.45) is 2.08. The van der Waals surface area contributed by atoms with Crippen LogP contribution in [0.4, 0.5) is 0 Å². The maximum Gasteiger partial charge on any atom is 0.326 e. The predicted molar refractivity (Wildman–Crippen MR) is 82.1 cm³/mol. The van der Waals surface area contributed by atoms with E-state index in [0.717, 1.165) is 25.9 Å². The Bertz CT molecular complexity index is 365. The first-order chi connectivity index (χ1) is 9.73. The third kappa shape index (κ3) is 4.97. The Morgan fingerprint density at radius 3 is 2.19 bits per heavy atom. The first-order valence-corrected chi connectivity index (χ1v) is 7.67. The van der Waals surface area contributed by atoms with E-state index in [1.807, 2.05) is 14.0 Å². The van der Waals surface area contributed by atoms with Crippen LogP contribution in [-0.2, 0) is 9.59 Å². The van der Waals surface area contributed by atoms with Crippen molar-refractivity contribution >= 4 is 11.9 Å². The van der Waals surface area contributed by atoms with Gasteiger partial charge in [0.1, 0.15) is 6.04 Å². The summed E-state index contributed by atoms with van der Waals surface area (Å²) < 4.78 is 0. The van der Waals surface area contributed by atoms with Crippen LogP contribution >= 0.6 is 0 Å². The Balaban J connectivity index is 2.58. The monoisotopic (exact) mass is 299 g/mol. The van der Waals surface area contributed by atoms with Crippen molar-refractivity contribution in [2.24, 2.45) is 5.92 Å². The van der Waals surface area contributed by atoms with Crippen molar-refractivity contribution in [2.45, 2.75) is 51.7 Å². The Morgan fingerprint density at radius 1 is 1.24 bits per heavy atom. The number of amides is 1. The third-order valence-electron chi connectivity index (χ3n) is 4.48. The average Bonchev–Trinajstić information content (AvgIpc) is 2.42. The van der Waals surface area contributed by atoms with Gasteiger partial charge in [-0.1, -0.05) is 13.8 Å². The molecule has 1 rings (SSSR count). The first kappa shape index (κ1) is 17.9. The van der Waals surface area contributed by atoms with E-state index in [9.17, 15) is 9.59 Å². The number of likely N-dealkylation sites (N-methyl/N-ethyl adjacent to an activating group) is 1. The van der Waals surface area contributed by atoms with Gasteiger partial charge in [-0.05, 0) is 52.9 Å². The summed E-state index contributed by atoms with van der Waals surface area (Å²) in [5.41, 5.74) is 0. The van der Waals surface area contributed by atoms with Crippen molar-refractivity contribution in [2.75, 3.05) is 27.2 Å². The smallest absolute Gasteiger partial charge is 0.326 e. The summed E-state index contributed by atoms with van der Waals surface area (Å²) in [5, 5.41) is 11.8. The molecule has 2 N–H and O–H groups in total. The second-order valence-corrected chi connectivity index (χ2v) is 6.44. The highest BCUT2D eigenvalue weighted by atomic mass is 16.4. The van der Waals surface area contributed by atoms with Gasteiger partial charge in [0.15, 0.2) is 0 Å². The second-order valence-electron chi connectivity index (χ2n) is 6.44. The van der Waals surface area contributed by atoms with Crippen molar-refractivity contribution in [3.8, 4) is 0 Å². The van der Waals surface area contributed by atoms with Gasteiger partial charge in [0, 0.05) is 6.04 Å². The number of carboxylic acid groups (broad SMARTS) is 1. The molecule has 6 heteroatoms. The number of rotatable bonds is 6. The predicted octanol–water partition coefficient (Wildman–Crippen LogP) is 0.626. The first-order valence-electron chi connectivity index (χ1n) is 7.67. The van der Waals surface area contributed by atoms with Crippen LogP contribution in [0.15, 0.2) is 0 Å². The summed E-state index contributed by atoms with van der Waals surface area (Å²) in [5.74, 6) is -1.32. The molecule has 1 fully saturated rings. The molecule has 6 nitrogen and oxygen atoms in total. The zero-order valence-electron chi connectivity index (χ0n) is 13.8. The molecule has 2 atom stereocenters. The van der Waals surface area contributed by atoms with Gasteiger partial charge in [-0.15, -0.1) is 0 Å². The van der Waals surface area contributed by atoms with Crippen LogP contribution < -0.4 is 5.32 Å². The molecule has 122 valence electrons. The van der Waals surface area contributed by atoms with Gasteiger partial charge in [-0.25, -0.2) is 4.79 Å². The van der Waals surface area contributed by atoms with Crippen LogP contribution in [0, 0.1) is 5.92 Å². The highest BCUT2D eigenvalue weighted by molar-refractivity contribution is 5.86. The molecule has 0 radical (unpaired) electrons. The number of nitrogens with one attached hydrogen (secondary N) is 1. The maximum atomic E-state index is 12.3. The largest absolute Gasteiger partial charge is 0.480 e. The number of carbonyl (C=O) groups excluding carboxylic acids is 1. The van der Waals surface area contributed by atoms with E-state index >= 15 is 0 Å². The quantitative estimate of drug-likeness (QED) is 0.752. The minimum Gasteiger partial charge on any atom is -0.480 e. The summed E-state index contributed by atoms with van der Waals surface area (Å²) in [6.45, 7) is 7.50. The minimum atomic E-state index is -0.979. The molecule has 1 aliphatic rings. The molecule has 0 aromatic heterocycles. The van der Waals surface area contributed by atoms with Crippen molar-refractivity contribution in [1.82, 2.24) is 15.1 Å². The Kier molecular flexibility index (Phi) is 6.61. The zero-order valence-corrected chi connectivity index (χ0v) is 13.8. The Labute approximate surface area is 127 Å². The average molecular weight is 299 g/mol. The molecule has 0 saturated carbocycles. The van der Waals surface area contributed by atoms with Gasteiger partial charge in [0.2, 0.25) is 5.91 Å². The number of carbonyl (C=O) groups is 2. The van der Waals surface area contributed by atoms with Gasteiger partial charge in [0.25, 0.3) is 0 Å². The molecule has 0 bridgehead atoms. The molecule has 1 aliphatic heterocycles. The number of likely N-dealkylation sites (tertiary alicyclic amines) is 1. The lowest BCUT2D eigenvalue weighted by atomic mass is 10.0. The summed E-state index contributed by atoms with van der Waals surface area (Å²) in [6, 6.07) is -0.769. The van der Waals surface area contributed by atoms with Crippen LogP contribution in [-0.4, -0.2) is 72.1 Å². The van der Waals surface area contributed by atoms with Crippen LogP contribution in [0.5, 0.6) is 0 Å². The minimum absolute atomic E-state index is 0.132. The lowest BCUT2D eigenvalue weighted by Crippen LogP contribution is -2.54. The van der Waals surface area contributed by atoms with Crippen molar-refractivity contribution < 1.29 is 14.7 Å². The summed E-state index contributed by atoms with van der Waals surface area (Å²) in [7, 11) is 4.05. The van der Waals surface area contributed by atoms with E-state index < -0.39 is 12.0 Å². The molecular weight excluding hydrogens is 270 g/mol. The SMILES string of the molecule is CC(C)C(NC(=O)C(C)N(C)C1CCN(C)CC1)C(=O)O. The lowest BCUT2D eigenvalue weighted by molar-refractivity contribution is -0.144. The molecule has 0 aromatic rings. The molecule has 0 aliphatic carbocycles. The molecule has 1 saturated heterocycles. The standard InChI is InChI=1S/C15H29N3O3/c1-10(2)13(15(20)21)16-14(19)11(3)18(5)12-6-8-17(4)9-7-12/h10-13H,6-9H2,1-5H3,(H,16,19)(H,20,21). The molecule has 0 spiro atoms. The zero-order chi connectivity index (χ0) is 16.2. The number of piperidine rings is 1. The van der Waals surface area contributed by atoms with Gasteiger partial charge in [0.05, 0.1) is 6.04 Å². The van der Waals surface area contributed by atoms with Crippen LogP contribution in [0.2, 0.25) is 0 Å². The molecule has 2 unspecified atom stereocenters. The number of aliphatic carboxylic acids is 1. The molecular formula is C15H29N3O3. The number of hydrogen-bond acceptors (Lipinski definition) is 4. The number of nitrogens with zero attached hydrogens (tertiary/aromatic N) is 2. The highest BCUT2D eigenvalue weighted by Crippen LogP contribution is 2.16. The number of hydrogen-bond donors (Lipinski definition) is 2. The van der Waals surface area contributed by atoms with E-state index in [-0.39, 0.29) is 17.9 Å². The fourth-order valence-electron chi connectivity index (χ4n) is 2.69. The van der Waals surface area contributed by atoms with Crippen LogP contribution in [0.3, 0.4) is 0 Å². The van der Waals surface area contributed by atoms with E-state index in [4.69, 9.17) is 5.11 Å². The summed E-state index contributed by atoms with van der Waals surface area (Å²) >= 11 is 0. The molecule has 21 heavy (non-hydrogen) atoms. The lowest BCUT2D eigenvalue weighted by Gasteiger charge is -2.38. The van der Waals surface area contributed by atoms with Crippen molar-refractivity contribution in [3.05, 3.63) is 0 Å². The summed E-state index contributed by atoms with van der Waals surface area (Å²) in [4.78, 5) is 27.8. The van der Waals surface area contributed by atoms with Crippen molar-refractivity contribution in [3.63, 3.8) is 0 Å². The normalized spacial score (nSPS) is 20.5. The van der Waals surface area contributed by atoms with Crippen molar-refractivity contribution in [1.29, 1.82) is 0 Å². The van der Waals surface area contributed by atoms with E-state index in [1.165, 1.54) is 0 Å². The Morgan fingerprint density at radius 2 is 1.76 bits per heavy atom. The number of carboxylic acids is 1. The molecule has 1 heterocycles. The maximum absolute atomic E-state index is 12.3. The fraction of sp³-hybridized carbons (Fsp3) is 0.867. The molecule has 1 amide bonds. The van der Waals surface area contributed by atoms with E-state index in [1.54, 1.807) is 13.8 Å². The van der Waals surface area contributed by atoms with Crippen LogP contribution in [0.25, 0.3) is 0 Å². The van der Waals surface area contributed by atoms with E-state index in [2.05, 4.69) is 22.2 Å². The second kappa shape index (κ2) is 7.75. The van der Waals surface area contributed by atoms with Gasteiger partial charge >= 0.3 is 5.97 Å².